The number of amides is 3. The van der Waals surface area contributed by atoms with Crippen LogP contribution in [0.5, 0.6) is 11.5 Å². The lowest BCUT2D eigenvalue weighted by atomic mass is 9.71. The molecule has 5 fully saturated rings. The second-order valence-corrected chi connectivity index (χ2v) is 19.0. The number of anilines is 2. The number of hydrogen-bond acceptors (Lipinski definition) is 11. The first-order chi connectivity index (χ1) is 29.9. The summed E-state index contributed by atoms with van der Waals surface area (Å²) in [6.45, 7) is 12.3. The van der Waals surface area contributed by atoms with Gasteiger partial charge in [-0.3, -0.25) is 29.4 Å². The Morgan fingerprint density at radius 3 is 2.21 bits per heavy atom. The SMILES string of the molecule is COc1cc(-c2cn(C)c(=O)c3cnc(N4CCC4)cc23)cc(OC)c1CN1CCC(CN2CCC3(CC2)CN(c2ccc4c(c2)C(=O)N([C@@]2(C)CCC(=O)NC2=O)C4)C3)CC1. The zero-order valence-electron chi connectivity index (χ0n) is 36.5. The number of likely N-dealkylation sites (tertiary alicyclic amines) is 2. The van der Waals surface area contributed by atoms with Gasteiger partial charge in [-0.1, -0.05) is 6.07 Å². The van der Waals surface area contributed by atoms with Crippen molar-refractivity contribution in [3.8, 4) is 22.6 Å². The molecule has 62 heavy (non-hydrogen) atoms. The molecular weight excluding hydrogens is 785 g/mol. The molecule has 4 aromatic rings. The molecule has 0 aliphatic carbocycles. The number of hydrogen-bond donors (Lipinski definition) is 1. The lowest BCUT2D eigenvalue weighted by molar-refractivity contribution is -0.142. The monoisotopic (exact) mass is 842 g/mol. The highest BCUT2D eigenvalue weighted by Crippen LogP contribution is 2.45. The van der Waals surface area contributed by atoms with E-state index in [0.717, 1.165) is 135 Å². The fraction of sp³-hybridized carbons (Fsp3) is 0.521. The molecule has 326 valence electrons. The van der Waals surface area contributed by atoms with Crippen molar-refractivity contribution in [3.63, 3.8) is 0 Å². The lowest BCUT2D eigenvalue weighted by Gasteiger charge is -2.55. The zero-order valence-corrected chi connectivity index (χ0v) is 36.5. The van der Waals surface area contributed by atoms with Gasteiger partial charge >= 0.3 is 0 Å². The molecular formula is C48H58N8O6. The number of nitrogens with one attached hydrogen (secondary N) is 1. The summed E-state index contributed by atoms with van der Waals surface area (Å²) in [4.78, 5) is 67.5. The van der Waals surface area contributed by atoms with Gasteiger partial charge in [-0.15, -0.1) is 0 Å². The Hall–Kier alpha value is -5.47. The van der Waals surface area contributed by atoms with E-state index in [9.17, 15) is 19.2 Å². The number of aromatic nitrogens is 2. The average Bonchev–Trinajstić information content (AvgIpc) is 3.59. The summed E-state index contributed by atoms with van der Waals surface area (Å²) in [5, 5.41) is 3.91. The fourth-order valence-electron chi connectivity index (χ4n) is 10.9. The van der Waals surface area contributed by atoms with Crippen molar-refractivity contribution in [1.82, 2.24) is 29.6 Å². The Morgan fingerprint density at radius 2 is 1.55 bits per heavy atom. The molecule has 0 bridgehead atoms. The third kappa shape index (κ3) is 7.08. The van der Waals surface area contributed by atoms with Crippen molar-refractivity contribution in [2.24, 2.45) is 18.4 Å². The normalized spacial score (nSPS) is 23.1. The van der Waals surface area contributed by atoms with E-state index >= 15 is 0 Å². The maximum absolute atomic E-state index is 13.6. The number of carbonyl (C=O) groups is 3. The van der Waals surface area contributed by atoms with Gasteiger partial charge in [0.2, 0.25) is 5.91 Å². The van der Waals surface area contributed by atoms with Crippen molar-refractivity contribution in [1.29, 1.82) is 0 Å². The first kappa shape index (κ1) is 40.6. The maximum Gasteiger partial charge on any atom is 0.259 e. The molecule has 14 heteroatoms. The van der Waals surface area contributed by atoms with E-state index in [1.54, 1.807) is 43.9 Å². The summed E-state index contributed by atoms with van der Waals surface area (Å²) >= 11 is 0. The molecule has 6 aliphatic heterocycles. The van der Waals surface area contributed by atoms with Crippen LogP contribution in [0.25, 0.3) is 21.9 Å². The molecule has 2 aromatic carbocycles. The summed E-state index contributed by atoms with van der Waals surface area (Å²) < 4.78 is 13.7. The number of nitrogens with zero attached hydrogens (tertiary/aromatic N) is 7. The molecule has 0 unspecified atom stereocenters. The predicted molar refractivity (Wildman–Crippen MR) is 238 cm³/mol. The van der Waals surface area contributed by atoms with Gasteiger partial charge in [-0.05, 0) is 119 Å². The second kappa shape index (κ2) is 15.7. The molecule has 3 amide bonds. The maximum atomic E-state index is 13.6. The second-order valence-electron chi connectivity index (χ2n) is 19.0. The third-order valence-electron chi connectivity index (χ3n) is 15.2. The summed E-state index contributed by atoms with van der Waals surface area (Å²) in [7, 11) is 5.23. The van der Waals surface area contributed by atoms with Crippen molar-refractivity contribution >= 4 is 40.0 Å². The van der Waals surface area contributed by atoms with Crippen molar-refractivity contribution in [3.05, 3.63) is 75.8 Å². The minimum absolute atomic E-state index is 0.0642. The summed E-state index contributed by atoms with van der Waals surface area (Å²) in [6.07, 6.45) is 10.1. The molecule has 8 heterocycles. The van der Waals surface area contributed by atoms with Crippen LogP contribution in [0, 0.1) is 11.3 Å². The topological polar surface area (TPSA) is 133 Å². The van der Waals surface area contributed by atoms with E-state index in [-0.39, 0.29) is 29.7 Å². The lowest BCUT2D eigenvalue weighted by Crippen LogP contribution is -2.61. The quantitative estimate of drug-likeness (QED) is 0.221. The number of aryl methyl sites for hydroxylation is 1. The molecule has 6 aliphatic rings. The highest BCUT2D eigenvalue weighted by Gasteiger charge is 2.49. The minimum atomic E-state index is -1.02. The summed E-state index contributed by atoms with van der Waals surface area (Å²) in [5.74, 6) is 2.35. The van der Waals surface area contributed by atoms with E-state index in [1.807, 2.05) is 18.3 Å². The van der Waals surface area contributed by atoms with Crippen LogP contribution in [-0.4, -0.2) is 121 Å². The molecule has 1 spiro atoms. The largest absolute Gasteiger partial charge is 0.496 e. The summed E-state index contributed by atoms with van der Waals surface area (Å²) in [6, 6.07) is 12.4. The predicted octanol–water partition coefficient (Wildman–Crippen LogP) is 4.79. The minimum Gasteiger partial charge on any atom is -0.496 e. The highest BCUT2D eigenvalue weighted by molar-refractivity contribution is 6.07. The van der Waals surface area contributed by atoms with Crippen LogP contribution >= 0.6 is 0 Å². The van der Waals surface area contributed by atoms with Crippen LogP contribution in [0.3, 0.4) is 0 Å². The van der Waals surface area contributed by atoms with Crippen molar-refractivity contribution < 1.29 is 23.9 Å². The first-order valence-electron chi connectivity index (χ1n) is 22.4. The van der Waals surface area contributed by atoms with Gasteiger partial charge in [-0.2, -0.15) is 0 Å². The van der Waals surface area contributed by atoms with E-state index in [0.29, 0.717) is 35.2 Å². The van der Waals surface area contributed by atoms with E-state index in [1.165, 1.54) is 12.8 Å². The number of carbonyl (C=O) groups excluding carboxylic acids is 3. The molecule has 0 saturated carbocycles. The van der Waals surface area contributed by atoms with Crippen LogP contribution in [0.2, 0.25) is 0 Å². The summed E-state index contributed by atoms with van der Waals surface area (Å²) in [5.41, 5.74) is 4.85. The number of methoxy groups -OCH3 is 2. The van der Waals surface area contributed by atoms with Gasteiger partial charge in [0.25, 0.3) is 17.4 Å². The van der Waals surface area contributed by atoms with Gasteiger partial charge < -0.3 is 33.6 Å². The van der Waals surface area contributed by atoms with Crippen LogP contribution in [0.15, 0.2) is 53.6 Å². The van der Waals surface area contributed by atoms with E-state index < -0.39 is 5.54 Å². The number of pyridine rings is 2. The first-order valence-corrected chi connectivity index (χ1v) is 22.4. The number of fused-ring (bicyclic) bond motifs is 2. The van der Waals surface area contributed by atoms with Gasteiger partial charge in [-0.25, -0.2) is 4.98 Å². The molecule has 5 saturated heterocycles. The van der Waals surface area contributed by atoms with Gasteiger partial charge in [0, 0.05) is 99.3 Å². The Morgan fingerprint density at radius 1 is 0.823 bits per heavy atom. The molecule has 1 atom stereocenters. The van der Waals surface area contributed by atoms with Gasteiger partial charge in [0.1, 0.15) is 22.9 Å². The standard InChI is InChI=1S/C48H58N8O6/c1-47(11-8-43(57)50-46(47)60)56-26-32-6-7-34(22-35(32)45(56)59)55-29-48(30-55)12-18-53(19-13-48)25-31-9-16-52(17-10-31)28-39-40(61-3)20-33(21-41(39)62-4)38-27-51(2)44(58)37-24-49-42(23-36(37)38)54-14-5-15-54/h6-7,20-24,27,31H,5,8-19,25-26,28-30H2,1-4H3,(H,50,57,60)/t47-/m0/s1. The molecule has 1 N–H and O–H groups in total. The van der Waals surface area contributed by atoms with Crippen molar-refractivity contribution in [2.45, 2.75) is 70.5 Å². The van der Waals surface area contributed by atoms with Crippen LogP contribution < -0.4 is 30.1 Å². The molecule has 10 rings (SSSR count). The Bertz CT molecular complexity index is 2490. The molecule has 2 aromatic heterocycles. The van der Waals surface area contributed by atoms with Gasteiger partial charge in [0.05, 0.1) is 25.2 Å². The third-order valence-corrected chi connectivity index (χ3v) is 15.2. The highest BCUT2D eigenvalue weighted by atomic mass is 16.5. The Kier molecular flexibility index (Phi) is 10.3. The molecule has 0 radical (unpaired) electrons. The van der Waals surface area contributed by atoms with Crippen LogP contribution in [0.4, 0.5) is 11.5 Å². The number of ether oxygens (including phenoxy) is 2. The van der Waals surface area contributed by atoms with E-state index in [2.05, 4.69) is 54.2 Å². The Balaban J connectivity index is 0.729. The van der Waals surface area contributed by atoms with Crippen LogP contribution in [-0.2, 0) is 29.7 Å². The number of imide groups is 1. The van der Waals surface area contributed by atoms with Crippen molar-refractivity contribution in [2.75, 3.05) is 82.9 Å². The van der Waals surface area contributed by atoms with E-state index in [4.69, 9.17) is 9.47 Å². The van der Waals surface area contributed by atoms with Gasteiger partial charge in [0.15, 0.2) is 0 Å². The zero-order chi connectivity index (χ0) is 42.9. The number of piperidine rings is 3. The Labute approximate surface area is 362 Å². The smallest absolute Gasteiger partial charge is 0.259 e. The number of benzene rings is 2. The number of rotatable bonds is 10. The molecule has 14 nitrogen and oxygen atoms in total. The fourth-order valence-corrected chi connectivity index (χ4v) is 10.9. The van der Waals surface area contributed by atoms with Crippen LogP contribution in [0.1, 0.15) is 73.4 Å². The average molecular weight is 843 g/mol.